The monoisotopic (exact) mass is 217 g/mol. The molecule has 3 nitrogen and oxygen atoms in total. The zero-order chi connectivity index (χ0) is 11.5. The van der Waals surface area contributed by atoms with E-state index in [4.69, 9.17) is 9.47 Å². The average Bonchev–Trinajstić information content (AvgIpc) is 2.19. The molecule has 0 N–H and O–H groups in total. The van der Waals surface area contributed by atoms with Gasteiger partial charge in [-0.2, -0.15) is 0 Å². The molecule has 0 amide bonds. The van der Waals surface area contributed by atoms with E-state index in [0.717, 1.165) is 39.3 Å². The van der Waals surface area contributed by atoms with Crippen molar-refractivity contribution < 1.29 is 9.47 Å². The van der Waals surface area contributed by atoms with Gasteiger partial charge in [-0.3, -0.25) is 4.90 Å². The quantitative estimate of drug-likeness (QED) is 0.674. The second-order valence-corrected chi connectivity index (χ2v) is 4.04. The number of hydrogen-bond donors (Lipinski definition) is 0. The molecule has 0 radical (unpaired) electrons. The van der Waals surface area contributed by atoms with Crippen LogP contribution in [0.15, 0.2) is 0 Å². The molecule has 1 fully saturated rings. The van der Waals surface area contributed by atoms with E-state index in [-0.39, 0.29) is 0 Å². The molecule has 1 atom stereocenters. The van der Waals surface area contributed by atoms with Crippen LogP contribution in [0.5, 0.6) is 0 Å². The maximum atomic E-state index is 5.44. The summed E-state index contributed by atoms with van der Waals surface area (Å²) in [5, 5.41) is 0. The molecule has 0 aromatic heterocycles. The summed E-state index contributed by atoms with van der Waals surface area (Å²) in [5.74, 6) is 0. The van der Waals surface area contributed by atoms with Crippen molar-refractivity contribution in [1.29, 1.82) is 0 Å². The van der Waals surface area contributed by atoms with Gasteiger partial charge >= 0.3 is 0 Å². The van der Waals surface area contributed by atoms with Crippen LogP contribution in [0.25, 0.3) is 0 Å². The number of rotatable bonds is 4. The van der Waals surface area contributed by atoms with E-state index in [0.29, 0.717) is 6.10 Å². The van der Waals surface area contributed by atoms with Crippen molar-refractivity contribution in [3.05, 3.63) is 0 Å². The van der Waals surface area contributed by atoms with E-state index >= 15 is 0 Å². The van der Waals surface area contributed by atoms with E-state index in [2.05, 4.69) is 25.7 Å². The third kappa shape index (κ3) is 8.85. The van der Waals surface area contributed by atoms with Gasteiger partial charge in [0.05, 0.1) is 12.7 Å². The molecule has 0 spiro atoms. The predicted octanol–water partition coefficient (Wildman–Crippen LogP) is 2.16. The number of nitrogens with zero attached hydrogens (tertiary/aromatic N) is 1. The maximum Gasteiger partial charge on any atom is 0.0674 e. The first-order valence-corrected chi connectivity index (χ1v) is 6.07. The van der Waals surface area contributed by atoms with Crippen molar-refractivity contribution in [3.63, 3.8) is 0 Å². The molecule has 3 heteroatoms. The topological polar surface area (TPSA) is 21.7 Å². The number of ether oxygens (including phenoxy) is 2. The summed E-state index contributed by atoms with van der Waals surface area (Å²) >= 11 is 0. The molecule has 1 aliphatic rings. The zero-order valence-corrected chi connectivity index (χ0v) is 10.8. The Bertz CT molecular complexity index is 131. The second-order valence-electron chi connectivity index (χ2n) is 4.04. The minimum absolute atomic E-state index is 0.404. The normalized spacial score (nSPS) is 22.0. The summed E-state index contributed by atoms with van der Waals surface area (Å²) in [6, 6.07) is 0. The molecule has 0 unspecified atom stereocenters. The van der Waals surface area contributed by atoms with Gasteiger partial charge in [-0.05, 0) is 13.3 Å². The Morgan fingerprint density at radius 3 is 2.60 bits per heavy atom. The van der Waals surface area contributed by atoms with Crippen molar-refractivity contribution in [1.82, 2.24) is 4.90 Å². The highest BCUT2D eigenvalue weighted by Crippen LogP contribution is 2.04. The van der Waals surface area contributed by atoms with Gasteiger partial charge in [0.25, 0.3) is 0 Å². The number of morpholine rings is 1. The van der Waals surface area contributed by atoms with Crippen molar-refractivity contribution >= 4 is 0 Å². The third-order valence-electron chi connectivity index (χ3n) is 2.15. The molecule has 1 heterocycles. The Labute approximate surface area is 94.7 Å². The van der Waals surface area contributed by atoms with Gasteiger partial charge in [0.2, 0.25) is 0 Å². The molecule has 0 bridgehead atoms. The molecule has 1 rings (SSSR count). The van der Waals surface area contributed by atoms with Gasteiger partial charge < -0.3 is 9.47 Å². The van der Waals surface area contributed by atoms with Crippen molar-refractivity contribution in [2.24, 2.45) is 0 Å². The fourth-order valence-electron chi connectivity index (χ4n) is 1.53. The highest BCUT2D eigenvalue weighted by atomic mass is 16.5. The Hall–Kier alpha value is -0.120. The van der Waals surface area contributed by atoms with E-state index in [1.165, 1.54) is 6.42 Å². The fourth-order valence-corrected chi connectivity index (χ4v) is 1.53. The molecule has 1 aliphatic heterocycles. The van der Waals surface area contributed by atoms with Crippen LogP contribution in [0.4, 0.5) is 0 Å². The molecule has 1 saturated heterocycles. The first-order chi connectivity index (χ1) is 7.24. The van der Waals surface area contributed by atoms with Gasteiger partial charge in [0.15, 0.2) is 0 Å². The summed E-state index contributed by atoms with van der Waals surface area (Å²) in [4.78, 5) is 2.44. The predicted molar refractivity (Wildman–Crippen MR) is 64.3 cm³/mol. The van der Waals surface area contributed by atoms with Gasteiger partial charge in [0.1, 0.15) is 0 Å². The highest BCUT2D eigenvalue weighted by molar-refractivity contribution is 4.67. The first kappa shape index (κ1) is 14.9. The zero-order valence-electron chi connectivity index (χ0n) is 10.8. The molecule has 92 valence electrons. The third-order valence-corrected chi connectivity index (χ3v) is 2.15. The van der Waals surface area contributed by atoms with Crippen molar-refractivity contribution in [2.45, 2.75) is 39.7 Å². The standard InChI is InChI=1S/C9H19NO2.C3H8/c1-9-8-10(5-7-12-9)4-3-6-11-2;1-3-2/h9H,3-8H2,1-2H3;3H2,1-2H3/t9-;/m1./s1. The van der Waals surface area contributed by atoms with E-state index in [1.54, 1.807) is 7.11 Å². The van der Waals surface area contributed by atoms with Crippen LogP contribution in [-0.2, 0) is 9.47 Å². The van der Waals surface area contributed by atoms with Crippen LogP contribution in [0.3, 0.4) is 0 Å². The SMILES string of the molecule is CCC.COCCCN1CCO[C@H](C)C1. The van der Waals surface area contributed by atoms with Gasteiger partial charge in [-0.1, -0.05) is 20.3 Å². The summed E-state index contributed by atoms with van der Waals surface area (Å²) in [7, 11) is 1.75. The molecule has 15 heavy (non-hydrogen) atoms. The fraction of sp³-hybridized carbons (Fsp3) is 1.00. The molecular formula is C12H27NO2. The minimum Gasteiger partial charge on any atom is -0.385 e. The largest absolute Gasteiger partial charge is 0.385 e. The van der Waals surface area contributed by atoms with Crippen LogP contribution in [0, 0.1) is 0 Å². The number of hydrogen-bond acceptors (Lipinski definition) is 3. The van der Waals surface area contributed by atoms with Crippen LogP contribution in [0.2, 0.25) is 0 Å². The Kier molecular flexibility index (Phi) is 10.3. The molecule has 0 aliphatic carbocycles. The van der Waals surface area contributed by atoms with E-state index < -0.39 is 0 Å². The summed E-state index contributed by atoms with van der Waals surface area (Å²) in [6.45, 7) is 11.4. The van der Waals surface area contributed by atoms with Gasteiger partial charge in [-0.15, -0.1) is 0 Å². The van der Waals surface area contributed by atoms with Crippen molar-refractivity contribution in [3.8, 4) is 0 Å². The van der Waals surface area contributed by atoms with Crippen LogP contribution in [-0.4, -0.2) is 51.0 Å². The Balaban J connectivity index is 0.000000583. The molecular weight excluding hydrogens is 190 g/mol. The lowest BCUT2D eigenvalue weighted by Crippen LogP contribution is -2.41. The second kappa shape index (κ2) is 10.4. The average molecular weight is 217 g/mol. The van der Waals surface area contributed by atoms with Crippen LogP contribution < -0.4 is 0 Å². The lowest BCUT2D eigenvalue weighted by molar-refractivity contribution is -0.0201. The lowest BCUT2D eigenvalue weighted by atomic mass is 10.3. The Morgan fingerprint density at radius 1 is 1.40 bits per heavy atom. The Morgan fingerprint density at radius 2 is 2.07 bits per heavy atom. The highest BCUT2D eigenvalue weighted by Gasteiger charge is 2.15. The number of methoxy groups -OCH3 is 1. The molecule has 0 aromatic rings. The molecule has 0 aromatic carbocycles. The van der Waals surface area contributed by atoms with Gasteiger partial charge in [-0.25, -0.2) is 0 Å². The summed E-state index contributed by atoms with van der Waals surface area (Å²) in [6.07, 6.45) is 2.78. The summed E-state index contributed by atoms with van der Waals surface area (Å²) < 4.78 is 10.4. The van der Waals surface area contributed by atoms with E-state index in [1.807, 2.05) is 0 Å². The van der Waals surface area contributed by atoms with Crippen LogP contribution >= 0.6 is 0 Å². The minimum atomic E-state index is 0.404. The molecule has 0 saturated carbocycles. The lowest BCUT2D eigenvalue weighted by Gasteiger charge is -2.30. The smallest absolute Gasteiger partial charge is 0.0674 e. The van der Waals surface area contributed by atoms with Crippen LogP contribution in [0.1, 0.15) is 33.6 Å². The van der Waals surface area contributed by atoms with E-state index in [9.17, 15) is 0 Å². The first-order valence-electron chi connectivity index (χ1n) is 6.07. The maximum absolute atomic E-state index is 5.44. The van der Waals surface area contributed by atoms with Gasteiger partial charge in [0, 0.05) is 33.4 Å². The summed E-state index contributed by atoms with van der Waals surface area (Å²) in [5.41, 5.74) is 0. The van der Waals surface area contributed by atoms with Crippen molar-refractivity contribution in [2.75, 3.05) is 40.0 Å².